The van der Waals surface area contributed by atoms with Crippen LogP contribution < -0.4 is 9.64 Å². The van der Waals surface area contributed by atoms with Crippen LogP contribution in [-0.2, 0) is 0 Å². The Morgan fingerprint density at radius 2 is 2.27 bits per heavy atom. The number of aromatic nitrogens is 3. The first-order valence-electron chi connectivity index (χ1n) is 7.00. The molecule has 0 saturated carbocycles. The van der Waals surface area contributed by atoms with Crippen LogP contribution in [0.2, 0.25) is 5.02 Å². The summed E-state index contributed by atoms with van der Waals surface area (Å²) < 4.78 is 6.00. The second-order valence-corrected chi connectivity index (χ2v) is 6.42. The molecule has 0 aliphatic carbocycles. The van der Waals surface area contributed by atoms with E-state index >= 15 is 0 Å². The second kappa shape index (κ2) is 5.70. The number of ether oxygens (including phenoxy) is 1. The van der Waals surface area contributed by atoms with Gasteiger partial charge in [-0.2, -0.15) is 0 Å². The Morgan fingerprint density at radius 1 is 1.32 bits per heavy atom. The molecule has 0 amide bonds. The lowest BCUT2D eigenvalue weighted by atomic mass is 10.3. The van der Waals surface area contributed by atoms with Crippen molar-refractivity contribution in [3.8, 4) is 5.75 Å². The summed E-state index contributed by atoms with van der Waals surface area (Å²) in [6.45, 7) is 1.70. The second-order valence-electron chi connectivity index (χ2n) is 5.12. The molecule has 1 fully saturated rings. The highest BCUT2D eigenvalue weighted by Gasteiger charge is 2.27. The van der Waals surface area contributed by atoms with Gasteiger partial charge in [0.25, 0.3) is 0 Å². The zero-order valence-electron chi connectivity index (χ0n) is 11.6. The monoisotopic (exact) mass is 332 g/mol. The topological polar surface area (TPSA) is 51.1 Å². The Labute approximate surface area is 136 Å². The van der Waals surface area contributed by atoms with Crippen molar-refractivity contribution in [3.05, 3.63) is 41.3 Å². The van der Waals surface area contributed by atoms with Crippen LogP contribution in [0.15, 0.2) is 36.2 Å². The minimum absolute atomic E-state index is 0.101. The van der Waals surface area contributed by atoms with E-state index in [9.17, 15) is 0 Å². The first kappa shape index (κ1) is 13.7. The van der Waals surface area contributed by atoms with Crippen molar-refractivity contribution in [3.63, 3.8) is 0 Å². The fourth-order valence-electron chi connectivity index (χ4n) is 2.68. The highest BCUT2D eigenvalue weighted by Crippen LogP contribution is 2.31. The van der Waals surface area contributed by atoms with Crippen molar-refractivity contribution in [2.45, 2.75) is 12.5 Å². The lowest BCUT2D eigenvalue weighted by Gasteiger charge is -2.18. The van der Waals surface area contributed by atoms with Crippen molar-refractivity contribution in [1.29, 1.82) is 0 Å². The van der Waals surface area contributed by atoms with Crippen molar-refractivity contribution in [2.75, 3.05) is 18.0 Å². The zero-order chi connectivity index (χ0) is 14.9. The van der Waals surface area contributed by atoms with E-state index in [-0.39, 0.29) is 6.10 Å². The predicted octanol–water partition coefficient (Wildman–Crippen LogP) is 3.40. The summed E-state index contributed by atoms with van der Waals surface area (Å²) in [6, 6.07) is 3.87. The predicted molar refractivity (Wildman–Crippen MR) is 87.9 cm³/mol. The number of rotatable bonds is 3. The van der Waals surface area contributed by atoms with Gasteiger partial charge in [0.2, 0.25) is 0 Å². The van der Waals surface area contributed by atoms with Crippen LogP contribution in [0.3, 0.4) is 0 Å². The fraction of sp³-hybridized carbons (Fsp3) is 0.267. The van der Waals surface area contributed by atoms with Gasteiger partial charge in [0.05, 0.1) is 11.9 Å². The molecule has 1 aliphatic rings. The molecule has 4 heterocycles. The van der Waals surface area contributed by atoms with Gasteiger partial charge in [0.1, 0.15) is 33.9 Å². The van der Waals surface area contributed by atoms with Crippen molar-refractivity contribution in [1.82, 2.24) is 15.0 Å². The molecule has 22 heavy (non-hydrogen) atoms. The number of pyridine rings is 1. The van der Waals surface area contributed by atoms with Crippen molar-refractivity contribution < 1.29 is 4.74 Å². The first-order chi connectivity index (χ1) is 10.8. The summed E-state index contributed by atoms with van der Waals surface area (Å²) in [5.74, 6) is 1.67. The summed E-state index contributed by atoms with van der Waals surface area (Å²) in [7, 11) is 0. The molecule has 4 rings (SSSR count). The molecular weight excluding hydrogens is 320 g/mol. The molecule has 112 valence electrons. The van der Waals surface area contributed by atoms with Crippen LogP contribution in [0, 0.1) is 0 Å². The molecule has 3 aromatic heterocycles. The maximum Gasteiger partial charge on any atom is 0.141 e. The summed E-state index contributed by atoms with van der Waals surface area (Å²) >= 11 is 7.73. The van der Waals surface area contributed by atoms with Gasteiger partial charge in [-0.05, 0) is 11.4 Å². The standard InChI is InChI=1S/C15H13ClN4OS/c16-12-7-17-4-1-13(12)21-10-2-5-20(8-10)14-11-3-6-22-15(11)19-9-18-14/h1,3-4,6-7,9-10H,2,5,8H2. The van der Waals surface area contributed by atoms with Gasteiger partial charge in [-0.15, -0.1) is 11.3 Å². The fourth-order valence-corrected chi connectivity index (χ4v) is 3.57. The van der Waals surface area contributed by atoms with Crippen molar-refractivity contribution in [2.24, 2.45) is 0 Å². The van der Waals surface area contributed by atoms with Gasteiger partial charge in [-0.1, -0.05) is 11.6 Å². The Hall–Kier alpha value is -1.92. The largest absolute Gasteiger partial charge is 0.487 e. The molecule has 7 heteroatoms. The molecule has 1 unspecified atom stereocenters. The number of anilines is 1. The van der Waals surface area contributed by atoms with Crippen LogP contribution in [0.5, 0.6) is 5.75 Å². The molecule has 0 aromatic carbocycles. The number of fused-ring (bicyclic) bond motifs is 1. The maximum atomic E-state index is 6.10. The molecule has 1 aliphatic heterocycles. The van der Waals surface area contributed by atoms with Gasteiger partial charge in [0.15, 0.2) is 0 Å². The minimum Gasteiger partial charge on any atom is -0.487 e. The third-order valence-electron chi connectivity index (χ3n) is 3.71. The molecule has 0 spiro atoms. The normalized spacial score (nSPS) is 18.0. The number of nitrogens with zero attached hydrogens (tertiary/aromatic N) is 4. The van der Waals surface area contributed by atoms with Crippen LogP contribution in [0.25, 0.3) is 10.2 Å². The Bertz CT molecular complexity index is 809. The van der Waals surface area contributed by atoms with E-state index in [4.69, 9.17) is 16.3 Å². The Morgan fingerprint density at radius 3 is 3.18 bits per heavy atom. The molecule has 0 N–H and O–H groups in total. The number of hydrogen-bond acceptors (Lipinski definition) is 6. The molecule has 0 bridgehead atoms. The third kappa shape index (κ3) is 2.48. The smallest absolute Gasteiger partial charge is 0.141 e. The molecule has 1 saturated heterocycles. The highest BCUT2D eigenvalue weighted by atomic mass is 35.5. The average molecular weight is 333 g/mol. The van der Waals surface area contributed by atoms with E-state index in [2.05, 4.69) is 25.9 Å². The molecule has 0 radical (unpaired) electrons. The summed E-state index contributed by atoms with van der Waals surface area (Å²) in [5, 5.41) is 3.70. The summed E-state index contributed by atoms with van der Waals surface area (Å²) in [6.07, 6.45) is 5.95. The number of hydrogen-bond donors (Lipinski definition) is 0. The third-order valence-corrected chi connectivity index (χ3v) is 4.82. The SMILES string of the molecule is Clc1cnccc1OC1CCN(c2ncnc3sccc23)C1. The van der Waals surface area contributed by atoms with Crippen LogP contribution in [0.4, 0.5) is 5.82 Å². The highest BCUT2D eigenvalue weighted by molar-refractivity contribution is 7.16. The lowest BCUT2D eigenvalue weighted by molar-refractivity contribution is 0.225. The van der Waals surface area contributed by atoms with Gasteiger partial charge in [-0.25, -0.2) is 9.97 Å². The van der Waals surface area contributed by atoms with Crippen LogP contribution in [-0.4, -0.2) is 34.1 Å². The van der Waals surface area contributed by atoms with E-state index < -0.39 is 0 Å². The van der Waals surface area contributed by atoms with Gasteiger partial charge >= 0.3 is 0 Å². The van der Waals surface area contributed by atoms with E-state index in [0.29, 0.717) is 10.8 Å². The van der Waals surface area contributed by atoms with E-state index in [1.165, 1.54) is 0 Å². The summed E-state index contributed by atoms with van der Waals surface area (Å²) in [5.41, 5.74) is 0. The minimum atomic E-state index is 0.101. The molecular formula is C15H13ClN4OS. The zero-order valence-corrected chi connectivity index (χ0v) is 13.2. The van der Waals surface area contributed by atoms with Gasteiger partial charge in [-0.3, -0.25) is 4.98 Å². The molecule has 1 atom stereocenters. The van der Waals surface area contributed by atoms with E-state index in [0.717, 1.165) is 35.5 Å². The maximum absolute atomic E-state index is 6.10. The quantitative estimate of drug-likeness (QED) is 0.735. The molecule has 3 aromatic rings. The summed E-state index contributed by atoms with van der Waals surface area (Å²) in [4.78, 5) is 16.0. The van der Waals surface area contributed by atoms with E-state index in [1.807, 2.05) is 5.38 Å². The Kier molecular flexibility index (Phi) is 3.56. The number of halogens is 1. The van der Waals surface area contributed by atoms with Crippen LogP contribution >= 0.6 is 22.9 Å². The van der Waals surface area contributed by atoms with Crippen molar-refractivity contribution >= 4 is 39.0 Å². The Balaban J connectivity index is 1.53. The molecule has 5 nitrogen and oxygen atoms in total. The number of thiophene rings is 1. The van der Waals surface area contributed by atoms with Crippen LogP contribution in [0.1, 0.15) is 6.42 Å². The van der Waals surface area contributed by atoms with E-state index in [1.54, 1.807) is 36.1 Å². The van der Waals surface area contributed by atoms with Gasteiger partial charge < -0.3 is 9.64 Å². The van der Waals surface area contributed by atoms with Gasteiger partial charge in [0, 0.05) is 31.4 Å². The average Bonchev–Trinajstić information content (AvgIpc) is 3.18. The lowest BCUT2D eigenvalue weighted by Crippen LogP contribution is -2.25. The first-order valence-corrected chi connectivity index (χ1v) is 8.26.